The van der Waals surface area contributed by atoms with Gasteiger partial charge in [-0.3, -0.25) is 0 Å². The zero-order valence-electron chi connectivity index (χ0n) is 8.89. The standard InChI is InChI=1S/C9H14N2O2S3/c1-2-7-3-4-15-8(7)5-11-16(12,13)6-9(10)14/h3-4,11H,2,5-6H2,1H3,(H2,10,14). The van der Waals surface area contributed by atoms with E-state index in [1.165, 1.54) is 5.56 Å². The normalized spacial score (nSPS) is 11.6. The molecule has 0 aliphatic carbocycles. The molecule has 0 aromatic carbocycles. The van der Waals surface area contributed by atoms with Gasteiger partial charge in [-0.05, 0) is 23.4 Å². The van der Waals surface area contributed by atoms with Crippen LogP contribution in [0.15, 0.2) is 11.4 Å². The summed E-state index contributed by atoms with van der Waals surface area (Å²) in [5.74, 6) is -0.296. The van der Waals surface area contributed by atoms with Crippen molar-refractivity contribution in [1.29, 1.82) is 0 Å². The topological polar surface area (TPSA) is 72.2 Å². The van der Waals surface area contributed by atoms with E-state index in [0.29, 0.717) is 6.54 Å². The Balaban J connectivity index is 2.61. The van der Waals surface area contributed by atoms with Crippen molar-refractivity contribution in [3.63, 3.8) is 0 Å². The number of hydrogen-bond donors (Lipinski definition) is 2. The number of rotatable bonds is 6. The number of sulfonamides is 1. The van der Waals surface area contributed by atoms with Gasteiger partial charge in [-0.2, -0.15) is 0 Å². The monoisotopic (exact) mass is 278 g/mol. The van der Waals surface area contributed by atoms with Crippen LogP contribution >= 0.6 is 23.6 Å². The first-order valence-corrected chi connectivity index (χ1v) is 7.69. The molecule has 90 valence electrons. The number of nitrogens with two attached hydrogens (primary N) is 1. The lowest BCUT2D eigenvalue weighted by atomic mass is 10.2. The first kappa shape index (κ1) is 13.6. The summed E-state index contributed by atoms with van der Waals surface area (Å²) in [5, 5.41) is 1.95. The smallest absolute Gasteiger partial charge is 0.218 e. The molecule has 0 amide bonds. The fraction of sp³-hybridized carbons (Fsp3) is 0.444. The molecule has 1 aromatic heterocycles. The lowest BCUT2D eigenvalue weighted by Crippen LogP contribution is -2.31. The Morgan fingerprint density at radius 1 is 1.62 bits per heavy atom. The predicted octanol–water partition coefficient (Wildman–Crippen LogP) is 1.02. The molecule has 0 aliphatic rings. The average molecular weight is 278 g/mol. The van der Waals surface area contributed by atoms with E-state index < -0.39 is 10.0 Å². The Hall–Kier alpha value is -0.500. The minimum Gasteiger partial charge on any atom is -0.392 e. The largest absolute Gasteiger partial charge is 0.392 e. The molecule has 0 bridgehead atoms. The molecule has 1 heterocycles. The van der Waals surface area contributed by atoms with Crippen molar-refractivity contribution >= 4 is 38.6 Å². The number of aryl methyl sites for hydroxylation is 1. The summed E-state index contributed by atoms with van der Waals surface area (Å²) in [4.78, 5) is 1.02. The van der Waals surface area contributed by atoms with Crippen LogP contribution in [0.3, 0.4) is 0 Å². The van der Waals surface area contributed by atoms with Crippen LogP contribution in [-0.2, 0) is 23.0 Å². The van der Waals surface area contributed by atoms with E-state index in [0.717, 1.165) is 11.3 Å². The molecule has 16 heavy (non-hydrogen) atoms. The van der Waals surface area contributed by atoms with E-state index in [1.54, 1.807) is 11.3 Å². The molecule has 0 saturated carbocycles. The summed E-state index contributed by atoms with van der Waals surface area (Å²) >= 11 is 6.11. The Morgan fingerprint density at radius 2 is 2.31 bits per heavy atom. The van der Waals surface area contributed by atoms with Gasteiger partial charge in [0.15, 0.2) is 0 Å². The first-order chi connectivity index (χ1) is 7.44. The highest BCUT2D eigenvalue weighted by atomic mass is 32.2. The van der Waals surface area contributed by atoms with Crippen LogP contribution in [0, 0.1) is 0 Å². The second-order valence-corrected chi connectivity index (χ2v) is 6.60. The number of thiophene rings is 1. The predicted molar refractivity (Wildman–Crippen MR) is 71.1 cm³/mol. The zero-order valence-corrected chi connectivity index (χ0v) is 11.3. The molecule has 3 N–H and O–H groups in total. The Bertz CT molecular complexity index is 465. The van der Waals surface area contributed by atoms with Crippen LogP contribution < -0.4 is 10.5 Å². The van der Waals surface area contributed by atoms with Crippen molar-refractivity contribution < 1.29 is 8.42 Å². The van der Waals surface area contributed by atoms with E-state index in [4.69, 9.17) is 5.73 Å². The minimum absolute atomic E-state index is 0.0191. The van der Waals surface area contributed by atoms with Crippen molar-refractivity contribution in [3.8, 4) is 0 Å². The molecule has 0 aliphatic heterocycles. The Morgan fingerprint density at radius 3 is 2.88 bits per heavy atom. The van der Waals surface area contributed by atoms with Gasteiger partial charge in [0.05, 0.1) is 4.99 Å². The highest BCUT2D eigenvalue weighted by molar-refractivity contribution is 7.92. The maximum Gasteiger partial charge on any atom is 0.218 e. The zero-order chi connectivity index (χ0) is 12.2. The van der Waals surface area contributed by atoms with Gasteiger partial charge >= 0.3 is 0 Å². The van der Waals surface area contributed by atoms with Crippen LogP contribution in [0.1, 0.15) is 17.4 Å². The fourth-order valence-electron chi connectivity index (χ4n) is 1.25. The number of nitrogens with one attached hydrogen (secondary N) is 1. The molecule has 0 fully saturated rings. The summed E-state index contributed by atoms with van der Waals surface area (Å²) in [6, 6.07) is 2.00. The van der Waals surface area contributed by atoms with Gasteiger partial charge in [0.1, 0.15) is 5.75 Å². The van der Waals surface area contributed by atoms with Gasteiger partial charge in [-0.15, -0.1) is 11.3 Å². The molecule has 1 rings (SSSR count). The third-order valence-electron chi connectivity index (χ3n) is 2.00. The summed E-state index contributed by atoms with van der Waals surface area (Å²) in [7, 11) is -3.39. The molecule has 7 heteroatoms. The number of thiocarbonyl (C=S) groups is 1. The van der Waals surface area contributed by atoms with E-state index in [-0.39, 0.29) is 10.7 Å². The maximum absolute atomic E-state index is 11.5. The summed E-state index contributed by atoms with van der Waals surface area (Å²) in [6.45, 7) is 2.35. The van der Waals surface area contributed by atoms with Crippen molar-refractivity contribution in [2.75, 3.05) is 5.75 Å². The second-order valence-electron chi connectivity index (χ2n) is 3.27. The van der Waals surface area contributed by atoms with Gasteiger partial charge in [0.25, 0.3) is 0 Å². The molecule has 0 atom stereocenters. The number of hydrogen-bond acceptors (Lipinski definition) is 4. The van der Waals surface area contributed by atoms with Crippen LogP contribution in [0.2, 0.25) is 0 Å². The molecule has 0 radical (unpaired) electrons. The SMILES string of the molecule is CCc1ccsc1CNS(=O)(=O)CC(N)=S. The van der Waals surface area contributed by atoms with Crippen LogP contribution in [0.5, 0.6) is 0 Å². The van der Waals surface area contributed by atoms with Crippen LogP contribution in [0.25, 0.3) is 0 Å². The maximum atomic E-state index is 11.5. The van der Waals surface area contributed by atoms with Crippen molar-refractivity contribution in [2.45, 2.75) is 19.9 Å². The fourth-order valence-corrected chi connectivity index (χ4v) is 3.56. The van der Waals surface area contributed by atoms with Crippen LogP contribution in [-0.4, -0.2) is 19.2 Å². The molecular weight excluding hydrogens is 264 g/mol. The molecule has 0 unspecified atom stereocenters. The van der Waals surface area contributed by atoms with Gasteiger partial charge in [0, 0.05) is 11.4 Å². The van der Waals surface area contributed by atoms with Gasteiger partial charge in [0.2, 0.25) is 10.0 Å². The summed E-state index contributed by atoms with van der Waals surface area (Å²) < 4.78 is 25.4. The third-order valence-corrected chi connectivity index (χ3v) is 4.57. The highest BCUT2D eigenvalue weighted by Gasteiger charge is 2.12. The minimum atomic E-state index is -3.39. The quantitative estimate of drug-likeness (QED) is 0.762. The van der Waals surface area contributed by atoms with Gasteiger partial charge in [-0.25, -0.2) is 13.1 Å². The third kappa shape index (κ3) is 4.17. The van der Waals surface area contributed by atoms with E-state index in [2.05, 4.69) is 16.9 Å². The molecule has 0 saturated heterocycles. The average Bonchev–Trinajstić information content (AvgIpc) is 2.59. The second kappa shape index (κ2) is 5.72. The molecule has 1 aromatic rings. The molecular formula is C9H14N2O2S3. The lowest BCUT2D eigenvalue weighted by Gasteiger charge is -2.05. The Kier molecular flexibility index (Phi) is 4.85. The first-order valence-electron chi connectivity index (χ1n) is 4.75. The summed E-state index contributed by atoms with van der Waals surface area (Å²) in [6.07, 6.45) is 0.899. The van der Waals surface area contributed by atoms with Crippen molar-refractivity contribution in [1.82, 2.24) is 4.72 Å². The van der Waals surface area contributed by atoms with Gasteiger partial charge < -0.3 is 5.73 Å². The van der Waals surface area contributed by atoms with E-state index in [9.17, 15) is 8.42 Å². The van der Waals surface area contributed by atoms with Crippen molar-refractivity contribution in [3.05, 3.63) is 21.9 Å². The molecule has 0 spiro atoms. The van der Waals surface area contributed by atoms with E-state index >= 15 is 0 Å². The lowest BCUT2D eigenvalue weighted by molar-refractivity contribution is 0.586. The summed E-state index contributed by atoms with van der Waals surface area (Å²) in [5.41, 5.74) is 6.37. The van der Waals surface area contributed by atoms with E-state index in [1.807, 2.05) is 18.4 Å². The molecule has 4 nitrogen and oxygen atoms in total. The highest BCUT2D eigenvalue weighted by Crippen LogP contribution is 2.17. The van der Waals surface area contributed by atoms with Crippen molar-refractivity contribution in [2.24, 2.45) is 5.73 Å². The Labute approximate surface area is 105 Å². The van der Waals surface area contributed by atoms with Crippen LogP contribution in [0.4, 0.5) is 0 Å². The van der Waals surface area contributed by atoms with Gasteiger partial charge in [-0.1, -0.05) is 19.1 Å².